The summed E-state index contributed by atoms with van der Waals surface area (Å²) in [5.41, 5.74) is 0.954. The summed E-state index contributed by atoms with van der Waals surface area (Å²) in [6.07, 6.45) is 0. The monoisotopic (exact) mass is 268 g/mol. The third kappa shape index (κ3) is 3.53. The lowest BCUT2D eigenvalue weighted by Crippen LogP contribution is -2.42. The molecule has 1 heterocycles. The van der Waals surface area contributed by atoms with Gasteiger partial charge in [-0.05, 0) is 39.1 Å². The number of aromatic nitrogens is 1. The van der Waals surface area contributed by atoms with E-state index in [4.69, 9.17) is 16.0 Å². The molecule has 0 saturated heterocycles. The van der Waals surface area contributed by atoms with Gasteiger partial charge >= 0.3 is 0 Å². The van der Waals surface area contributed by atoms with E-state index in [-0.39, 0.29) is 0 Å². The molecular weight excluding hydrogens is 252 g/mol. The number of aryl methyl sites for hydroxylation is 1. The maximum atomic E-state index is 9.35. The van der Waals surface area contributed by atoms with E-state index in [1.54, 1.807) is 6.92 Å². The Bertz CT molecular complexity index is 444. The molecule has 5 heteroatoms. The van der Waals surface area contributed by atoms with Crippen molar-refractivity contribution in [3.05, 3.63) is 29.6 Å². The summed E-state index contributed by atoms with van der Waals surface area (Å²) in [6, 6.07) is 7.79. The Labute approximate surface area is 109 Å². The summed E-state index contributed by atoms with van der Waals surface area (Å²) in [4.78, 5) is 4.37. The third-order valence-corrected chi connectivity index (χ3v) is 5.93. The molecular formula is C12H17ClN2OSi. The average molecular weight is 269 g/mol. The lowest BCUT2D eigenvalue weighted by atomic mass is 10.0. The first-order valence-corrected chi connectivity index (χ1v) is 9.09. The van der Waals surface area contributed by atoms with Crippen LogP contribution < -0.4 is 0 Å². The van der Waals surface area contributed by atoms with Crippen molar-refractivity contribution in [2.45, 2.75) is 32.5 Å². The van der Waals surface area contributed by atoms with Gasteiger partial charge in [-0.15, -0.1) is 11.6 Å². The highest BCUT2D eigenvalue weighted by Crippen LogP contribution is 2.27. The number of rotatable bonds is 4. The molecule has 92 valence electrons. The fourth-order valence-corrected chi connectivity index (χ4v) is 2.99. The molecule has 1 unspecified atom stereocenters. The standard InChI is InChI=1S/C12H17ClN2OSi/c1-10-6-5-7-11(15-10)12(2,8-14)16-17(3,4)9-13/h5-7H,9H2,1-4H3. The number of halogens is 1. The Morgan fingerprint density at radius 1 is 1.53 bits per heavy atom. The molecule has 3 nitrogen and oxygen atoms in total. The van der Waals surface area contributed by atoms with Crippen molar-refractivity contribution < 1.29 is 4.43 Å². The Morgan fingerprint density at radius 3 is 2.65 bits per heavy atom. The van der Waals surface area contributed by atoms with Gasteiger partial charge in [-0.2, -0.15) is 5.26 Å². The van der Waals surface area contributed by atoms with Crippen LogP contribution in [-0.4, -0.2) is 18.8 Å². The molecule has 0 fully saturated rings. The van der Waals surface area contributed by atoms with Crippen molar-refractivity contribution in [2.75, 3.05) is 5.50 Å². The molecule has 0 spiro atoms. The summed E-state index contributed by atoms with van der Waals surface area (Å²) in [7, 11) is -2.03. The van der Waals surface area contributed by atoms with Gasteiger partial charge in [0.15, 0.2) is 5.60 Å². The zero-order chi connectivity index (χ0) is 13.1. The zero-order valence-electron chi connectivity index (χ0n) is 10.6. The van der Waals surface area contributed by atoms with Gasteiger partial charge in [0.25, 0.3) is 0 Å². The first kappa shape index (κ1) is 14.2. The van der Waals surface area contributed by atoms with E-state index in [1.165, 1.54) is 0 Å². The smallest absolute Gasteiger partial charge is 0.203 e. The van der Waals surface area contributed by atoms with E-state index in [2.05, 4.69) is 11.1 Å². The first-order chi connectivity index (χ1) is 7.83. The lowest BCUT2D eigenvalue weighted by molar-refractivity contribution is 0.135. The predicted molar refractivity (Wildman–Crippen MR) is 71.2 cm³/mol. The molecule has 1 rings (SSSR count). The van der Waals surface area contributed by atoms with E-state index < -0.39 is 13.9 Å². The highest BCUT2D eigenvalue weighted by Gasteiger charge is 2.36. The number of hydrogen-bond donors (Lipinski definition) is 0. The largest absolute Gasteiger partial charge is 0.394 e. The quantitative estimate of drug-likeness (QED) is 0.623. The molecule has 1 aromatic rings. The minimum absolute atomic E-state index is 0.454. The Hall–Kier alpha value is -0.893. The molecule has 0 saturated carbocycles. The molecule has 0 amide bonds. The van der Waals surface area contributed by atoms with E-state index >= 15 is 0 Å². The summed E-state index contributed by atoms with van der Waals surface area (Å²) in [5, 5.41) is 9.35. The van der Waals surface area contributed by atoms with E-state index in [9.17, 15) is 5.26 Å². The molecule has 17 heavy (non-hydrogen) atoms. The van der Waals surface area contributed by atoms with Gasteiger partial charge in [-0.25, -0.2) is 0 Å². The minimum Gasteiger partial charge on any atom is -0.394 e. The Morgan fingerprint density at radius 2 is 2.18 bits per heavy atom. The first-order valence-electron chi connectivity index (χ1n) is 5.44. The number of hydrogen-bond acceptors (Lipinski definition) is 3. The molecule has 0 aliphatic carbocycles. The molecule has 0 aliphatic rings. The van der Waals surface area contributed by atoms with Crippen molar-refractivity contribution >= 4 is 19.9 Å². The van der Waals surface area contributed by atoms with Crippen molar-refractivity contribution in [3.63, 3.8) is 0 Å². The van der Waals surface area contributed by atoms with Gasteiger partial charge in [0.05, 0.1) is 5.69 Å². The normalized spacial score (nSPS) is 15.1. The Kier molecular flexibility index (Phi) is 4.31. The van der Waals surface area contributed by atoms with E-state index in [0.717, 1.165) is 5.69 Å². The summed E-state index contributed by atoms with van der Waals surface area (Å²) >= 11 is 5.88. The van der Waals surface area contributed by atoms with Gasteiger partial charge < -0.3 is 4.43 Å². The second-order valence-electron chi connectivity index (χ2n) is 4.80. The topological polar surface area (TPSA) is 45.9 Å². The number of nitrogens with zero attached hydrogens (tertiary/aromatic N) is 2. The fraction of sp³-hybridized carbons (Fsp3) is 0.500. The van der Waals surface area contributed by atoms with E-state index in [0.29, 0.717) is 11.2 Å². The van der Waals surface area contributed by atoms with Crippen LogP contribution in [0.15, 0.2) is 18.2 Å². The molecule has 0 N–H and O–H groups in total. The SMILES string of the molecule is Cc1cccc(C(C)(C#N)O[Si](C)(C)CCl)n1. The molecule has 0 aliphatic heterocycles. The van der Waals surface area contributed by atoms with Crippen molar-refractivity contribution in [3.8, 4) is 6.07 Å². The van der Waals surface area contributed by atoms with Gasteiger partial charge in [-0.1, -0.05) is 6.07 Å². The molecule has 1 aromatic heterocycles. The van der Waals surface area contributed by atoms with Gasteiger partial charge in [0.1, 0.15) is 6.07 Å². The van der Waals surface area contributed by atoms with Crippen LogP contribution in [0.3, 0.4) is 0 Å². The predicted octanol–water partition coefficient (Wildman–Crippen LogP) is 3.13. The minimum atomic E-state index is -2.03. The summed E-state index contributed by atoms with van der Waals surface area (Å²) in [5.74, 6) is 0. The van der Waals surface area contributed by atoms with Crippen LogP contribution in [0.25, 0.3) is 0 Å². The third-order valence-electron chi connectivity index (χ3n) is 2.39. The maximum Gasteiger partial charge on any atom is 0.203 e. The Balaban J connectivity index is 3.09. The summed E-state index contributed by atoms with van der Waals surface area (Å²) < 4.78 is 5.95. The highest BCUT2D eigenvalue weighted by atomic mass is 35.5. The fourth-order valence-electron chi connectivity index (χ4n) is 1.52. The van der Waals surface area contributed by atoms with E-state index in [1.807, 2.05) is 38.2 Å². The number of pyridine rings is 1. The maximum absolute atomic E-state index is 9.35. The molecule has 0 bridgehead atoms. The number of nitriles is 1. The van der Waals surface area contributed by atoms with Gasteiger partial charge in [0.2, 0.25) is 8.32 Å². The van der Waals surface area contributed by atoms with Crippen LogP contribution in [0, 0.1) is 18.3 Å². The second-order valence-corrected chi connectivity index (χ2v) is 9.60. The van der Waals surface area contributed by atoms with Crippen LogP contribution in [-0.2, 0) is 10.0 Å². The van der Waals surface area contributed by atoms with Crippen molar-refractivity contribution in [2.24, 2.45) is 0 Å². The summed E-state index contributed by atoms with van der Waals surface area (Å²) in [6.45, 7) is 7.62. The van der Waals surface area contributed by atoms with Crippen LogP contribution in [0.4, 0.5) is 0 Å². The highest BCUT2D eigenvalue weighted by molar-refractivity contribution is 6.77. The number of alkyl halides is 1. The van der Waals surface area contributed by atoms with Crippen molar-refractivity contribution in [1.82, 2.24) is 4.98 Å². The molecule has 0 radical (unpaired) electrons. The second kappa shape index (κ2) is 5.17. The average Bonchev–Trinajstić information content (AvgIpc) is 2.28. The zero-order valence-corrected chi connectivity index (χ0v) is 12.4. The molecule has 1 atom stereocenters. The molecule has 0 aromatic carbocycles. The van der Waals surface area contributed by atoms with Crippen LogP contribution in [0.1, 0.15) is 18.3 Å². The van der Waals surface area contributed by atoms with Crippen molar-refractivity contribution in [1.29, 1.82) is 5.26 Å². The van der Waals surface area contributed by atoms with Crippen LogP contribution in [0.2, 0.25) is 13.1 Å². The van der Waals surface area contributed by atoms with Gasteiger partial charge in [0, 0.05) is 11.2 Å². The van der Waals surface area contributed by atoms with Gasteiger partial charge in [-0.3, -0.25) is 4.98 Å². The van der Waals surface area contributed by atoms with Crippen LogP contribution in [0.5, 0.6) is 0 Å². The van der Waals surface area contributed by atoms with Crippen LogP contribution >= 0.6 is 11.6 Å². The lowest BCUT2D eigenvalue weighted by Gasteiger charge is -2.31.